The van der Waals surface area contributed by atoms with E-state index in [2.05, 4.69) is 34.0 Å². The molecule has 6 nitrogen and oxygen atoms in total. The Morgan fingerprint density at radius 1 is 1.24 bits per heavy atom. The molecule has 0 unspecified atom stereocenters. The maximum absolute atomic E-state index is 12.5. The smallest absolute Gasteiger partial charge is 0.233 e. The number of hydrogen-bond donors (Lipinski definition) is 1. The van der Waals surface area contributed by atoms with Gasteiger partial charge in [-0.15, -0.1) is 0 Å². The van der Waals surface area contributed by atoms with Gasteiger partial charge in [0.15, 0.2) is 5.82 Å². The van der Waals surface area contributed by atoms with Crippen LogP contribution in [0.15, 0.2) is 35.3 Å². The molecule has 0 bridgehead atoms. The molecule has 0 saturated heterocycles. The van der Waals surface area contributed by atoms with Crippen molar-refractivity contribution in [1.82, 2.24) is 9.97 Å². The van der Waals surface area contributed by atoms with Crippen molar-refractivity contribution in [3.63, 3.8) is 0 Å². The molecule has 25 heavy (non-hydrogen) atoms. The number of nitrogens with two attached hydrogens (primary N) is 1. The first-order valence-electron chi connectivity index (χ1n) is 8.39. The SMILES string of the molecule is CCc1cccc(CN2C(=O)Cc3c(N)nc(C4=CC=NC4)nc32)c1. The number of amides is 1. The normalized spacial score (nSPS) is 15.6. The molecule has 0 fully saturated rings. The highest BCUT2D eigenvalue weighted by atomic mass is 16.2. The molecule has 3 heterocycles. The summed E-state index contributed by atoms with van der Waals surface area (Å²) in [6, 6.07) is 8.28. The third-order valence-corrected chi connectivity index (χ3v) is 4.57. The van der Waals surface area contributed by atoms with Gasteiger partial charge >= 0.3 is 0 Å². The van der Waals surface area contributed by atoms with Crippen LogP contribution < -0.4 is 10.6 Å². The van der Waals surface area contributed by atoms with Crippen LogP contribution in [0, 0.1) is 0 Å². The van der Waals surface area contributed by atoms with E-state index in [0.29, 0.717) is 30.5 Å². The van der Waals surface area contributed by atoms with Crippen molar-refractivity contribution in [3.05, 3.63) is 52.9 Å². The minimum Gasteiger partial charge on any atom is -0.383 e. The fraction of sp³-hybridized carbons (Fsp3) is 0.263. The van der Waals surface area contributed by atoms with Crippen molar-refractivity contribution in [2.45, 2.75) is 26.3 Å². The summed E-state index contributed by atoms with van der Waals surface area (Å²) in [5.74, 6) is 1.57. The summed E-state index contributed by atoms with van der Waals surface area (Å²) in [4.78, 5) is 27.4. The molecule has 4 rings (SSSR count). The first kappa shape index (κ1) is 15.5. The van der Waals surface area contributed by atoms with Crippen molar-refractivity contribution in [1.29, 1.82) is 0 Å². The number of nitrogens with zero attached hydrogens (tertiary/aromatic N) is 4. The second-order valence-electron chi connectivity index (χ2n) is 6.25. The van der Waals surface area contributed by atoms with E-state index in [0.717, 1.165) is 23.1 Å². The van der Waals surface area contributed by atoms with E-state index in [4.69, 9.17) is 5.73 Å². The molecular formula is C19H19N5O. The third kappa shape index (κ3) is 2.80. The number of allylic oxidation sites excluding steroid dienone is 1. The maximum Gasteiger partial charge on any atom is 0.233 e. The Morgan fingerprint density at radius 2 is 2.08 bits per heavy atom. The number of anilines is 2. The van der Waals surface area contributed by atoms with Crippen LogP contribution in [0.3, 0.4) is 0 Å². The number of nitrogen functional groups attached to an aromatic ring is 1. The molecule has 2 N–H and O–H groups in total. The lowest BCUT2D eigenvalue weighted by atomic mass is 10.1. The molecule has 1 aromatic carbocycles. The Kier molecular flexibility index (Phi) is 3.80. The second-order valence-corrected chi connectivity index (χ2v) is 6.25. The van der Waals surface area contributed by atoms with E-state index < -0.39 is 0 Å². The minimum atomic E-state index is 0.00621. The summed E-state index contributed by atoms with van der Waals surface area (Å²) < 4.78 is 0. The highest BCUT2D eigenvalue weighted by Crippen LogP contribution is 2.33. The fourth-order valence-electron chi connectivity index (χ4n) is 3.18. The molecule has 0 radical (unpaired) electrons. The van der Waals surface area contributed by atoms with E-state index in [9.17, 15) is 4.79 Å². The Bertz CT molecular complexity index is 916. The number of benzene rings is 1. The number of aliphatic imine (C=N–C) groups is 1. The molecule has 2 aliphatic heterocycles. The van der Waals surface area contributed by atoms with Crippen LogP contribution in [-0.4, -0.2) is 28.6 Å². The first-order valence-corrected chi connectivity index (χ1v) is 8.39. The van der Waals surface area contributed by atoms with Gasteiger partial charge in [-0.1, -0.05) is 31.2 Å². The molecule has 6 heteroatoms. The van der Waals surface area contributed by atoms with Gasteiger partial charge in [0.1, 0.15) is 11.6 Å². The number of aryl methyl sites for hydroxylation is 1. The summed E-state index contributed by atoms with van der Waals surface area (Å²) in [5.41, 5.74) is 10.1. The van der Waals surface area contributed by atoms with Gasteiger partial charge in [0.25, 0.3) is 0 Å². The summed E-state index contributed by atoms with van der Waals surface area (Å²) in [6.45, 7) is 3.16. The molecule has 126 valence electrons. The van der Waals surface area contributed by atoms with Gasteiger partial charge in [-0.05, 0) is 23.6 Å². The minimum absolute atomic E-state index is 0.00621. The second kappa shape index (κ2) is 6.12. The fourth-order valence-corrected chi connectivity index (χ4v) is 3.18. The standard InChI is InChI=1S/C19H19N5O/c1-2-12-4-3-5-13(8-12)11-24-16(25)9-15-17(20)22-18(23-19(15)24)14-6-7-21-10-14/h3-8H,2,9-11H2,1H3,(H2,20,22,23). The molecule has 1 amide bonds. The van der Waals surface area contributed by atoms with E-state index in [1.54, 1.807) is 11.1 Å². The van der Waals surface area contributed by atoms with E-state index in [1.807, 2.05) is 18.2 Å². The quantitative estimate of drug-likeness (QED) is 0.929. The van der Waals surface area contributed by atoms with Crippen LogP contribution >= 0.6 is 0 Å². The molecular weight excluding hydrogens is 314 g/mol. The zero-order valence-corrected chi connectivity index (χ0v) is 14.1. The monoisotopic (exact) mass is 333 g/mol. The number of aromatic nitrogens is 2. The first-order chi connectivity index (χ1) is 12.2. The molecule has 0 aliphatic carbocycles. The highest BCUT2D eigenvalue weighted by molar-refractivity contribution is 6.02. The Hall–Kier alpha value is -3.02. The molecule has 0 spiro atoms. The zero-order chi connectivity index (χ0) is 17.4. The van der Waals surface area contributed by atoms with Gasteiger partial charge in [-0.2, -0.15) is 0 Å². The summed E-state index contributed by atoms with van der Waals surface area (Å²) in [6.07, 6.45) is 4.84. The van der Waals surface area contributed by atoms with Crippen LogP contribution in [0.25, 0.3) is 5.57 Å². The Balaban J connectivity index is 1.70. The largest absolute Gasteiger partial charge is 0.383 e. The number of hydrogen-bond acceptors (Lipinski definition) is 5. The lowest BCUT2D eigenvalue weighted by Gasteiger charge is -2.18. The van der Waals surface area contributed by atoms with E-state index in [-0.39, 0.29) is 12.3 Å². The predicted molar refractivity (Wildman–Crippen MR) is 98.5 cm³/mol. The highest BCUT2D eigenvalue weighted by Gasteiger charge is 2.32. The van der Waals surface area contributed by atoms with Gasteiger partial charge in [0, 0.05) is 17.4 Å². The molecule has 0 saturated carbocycles. The van der Waals surface area contributed by atoms with Crippen LogP contribution in [-0.2, 0) is 24.2 Å². The number of fused-ring (bicyclic) bond motifs is 1. The molecule has 0 atom stereocenters. The van der Waals surface area contributed by atoms with E-state index in [1.165, 1.54) is 5.56 Å². The van der Waals surface area contributed by atoms with Gasteiger partial charge in [-0.25, -0.2) is 9.97 Å². The van der Waals surface area contributed by atoms with Crippen LogP contribution in [0.4, 0.5) is 11.6 Å². The van der Waals surface area contributed by atoms with Gasteiger partial charge in [0.2, 0.25) is 5.91 Å². The lowest BCUT2D eigenvalue weighted by molar-refractivity contribution is -0.117. The van der Waals surface area contributed by atoms with Crippen molar-refractivity contribution in [2.24, 2.45) is 4.99 Å². The molecule has 2 aliphatic rings. The van der Waals surface area contributed by atoms with Crippen LogP contribution in [0.5, 0.6) is 0 Å². The van der Waals surface area contributed by atoms with Crippen molar-refractivity contribution in [3.8, 4) is 0 Å². The lowest BCUT2D eigenvalue weighted by Crippen LogP contribution is -2.27. The Labute approximate surface area is 146 Å². The van der Waals surface area contributed by atoms with Crippen LogP contribution in [0.1, 0.15) is 29.4 Å². The summed E-state index contributed by atoms with van der Waals surface area (Å²) in [7, 11) is 0. The number of carbonyl (C=O) groups excluding carboxylic acids is 1. The van der Waals surface area contributed by atoms with E-state index >= 15 is 0 Å². The van der Waals surface area contributed by atoms with Crippen LogP contribution in [0.2, 0.25) is 0 Å². The molecule has 1 aromatic heterocycles. The number of rotatable bonds is 4. The number of carbonyl (C=O) groups is 1. The predicted octanol–water partition coefficient (Wildman–Crippen LogP) is 2.18. The summed E-state index contributed by atoms with van der Waals surface area (Å²) >= 11 is 0. The van der Waals surface area contributed by atoms with Gasteiger partial charge in [0.05, 0.1) is 19.5 Å². The summed E-state index contributed by atoms with van der Waals surface area (Å²) in [5, 5.41) is 0. The topological polar surface area (TPSA) is 84.5 Å². The van der Waals surface area contributed by atoms with Gasteiger partial charge < -0.3 is 5.73 Å². The van der Waals surface area contributed by atoms with Gasteiger partial charge in [-0.3, -0.25) is 14.7 Å². The Morgan fingerprint density at radius 3 is 2.84 bits per heavy atom. The van der Waals surface area contributed by atoms with Crippen molar-refractivity contribution in [2.75, 3.05) is 17.2 Å². The third-order valence-electron chi connectivity index (χ3n) is 4.57. The average molecular weight is 333 g/mol. The zero-order valence-electron chi connectivity index (χ0n) is 14.1. The average Bonchev–Trinajstić information content (AvgIpc) is 3.25. The molecule has 2 aromatic rings. The van der Waals surface area contributed by atoms with Crippen molar-refractivity contribution >= 4 is 29.3 Å². The maximum atomic E-state index is 12.5. The van der Waals surface area contributed by atoms with Crippen molar-refractivity contribution < 1.29 is 4.79 Å².